The Morgan fingerprint density at radius 2 is 2.03 bits per heavy atom. The van der Waals surface area contributed by atoms with Gasteiger partial charge in [-0.25, -0.2) is 13.6 Å². The minimum atomic E-state index is -0.868. The lowest BCUT2D eigenvalue weighted by Gasteiger charge is -2.15. The second kappa shape index (κ2) is 7.62. The molecule has 31 heavy (non-hydrogen) atoms. The van der Waals surface area contributed by atoms with Crippen LogP contribution in [0.1, 0.15) is 11.3 Å². The summed E-state index contributed by atoms with van der Waals surface area (Å²) in [6, 6.07) is 7.06. The van der Waals surface area contributed by atoms with E-state index in [-0.39, 0.29) is 29.8 Å². The van der Waals surface area contributed by atoms with Crippen molar-refractivity contribution in [2.75, 3.05) is 18.2 Å². The van der Waals surface area contributed by atoms with Gasteiger partial charge in [-0.05, 0) is 30.7 Å². The van der Waals surface area contributed by atoms with Gasteiger partial charge in [-0.3, -0.25) is 9.55 Å². The zero-order valence-corrected chi connectivity index (χ0v) is 16.5. The molecule has 0 spiro atoms. The molecule has 10 heteroatoms. The van der Waals surface area contributed by atoms with Gasteiger partial charge in [-0.1, -0.05) is 0 Å². The summed E-state index contributed by atoms with van der Waals surface area (Å²) >= 11 is 0. The molecule has 0 aliphatic carbocycles. The Balaban J connectivity index is 1.33. The molecule has 160 valence electrons. The molecule has 0 amide bonds. The first kappa shape index (κ1) is 19.4. The molecule has 8 nitrogen and oxygen atoms in total. The number of hydrogen-bond donors (Lipinski definition) is 0. The lowest BCUT2D eigenvalue weighted by molar-refractivity contribution is 0.189. The predicted molar refractivity (Wildman–Crippen MR) is 105 cm³/mol. The van der Waals surface area contributed by atoms with Gasteiger partial charge in [-0.15, -0.1) is 0 Å². The van der Waals surface area contributed by atoms with E-state index in [0.29, 0.717) is 31.4 Å². The second-order valence-electron chi connectivity index (χ2n) is 7.38. The highest BCUT2D eigenvalue weighted by Crippen LogP contribution is 2.31. The predicted octanol–water partition coefficient (Wildman–Crippen LogP) is 2.77. The topological polar surface area (TPSA) is 78.7 Å². The third-order valence-electron chi connectivity index (χ3n) is 5.17. The van der Waals surface area contributed by atoms with Crippen LogP contribution in [0.3, 0.4) is 0 Å². The Morgan fingerprint density at radius 3 is 2.81 bits per heavy atom. The van der Waals surface area contributed by atoms with Crippen LogP contribution in [0.15, 0.2) is 41.3 Å². The SMILES string of the molecule is Cc1cc(Oc2c(F)cc(COc3cc4n(c(=O)n3)C[C@@H]3COCN43)cc2F)ccn1. The number of aryl methyl sites for hydroxylation is 1. The molecule has 4 heterocycles. The number of nitrogens with zero attached hydrogens (tertiary/aromatic N) is 4. The largest absolute Gasteiger partial charge is 0.473 e. The first-order valence-electron chi connectivity index (χ1n) is 9.65. The average Bonchev–Trinajstić information content (AvgIpc) is 3.32. The summed E-state index contributed by atoms with van der Waals surface area (Å²) in [5, 5.41) is 0. The summed E-state index contributed by atoms with van der Waals surface area (Å²) in [4.78, 5) is 22.2. The van der Waals surface area contributed by atoms with E-state index < -0.39 is 23.1 Å². The van der Waals surface area contributed by atoms with Crippen molar-refractivity contribution < 1.29 is 23.0 Å². The van der Waals surface area contributed by atoms with Crippen LogP contribution in [0, 0.1) is 18.6 Å². The number of pyridine rings is 1. The van der Waals surface area contributed by atoms with Crippen molar-refractivity contribution in [3.05, 3.63) is 69.9 Å². The van der Waals surface area contributed by atoms with Crippen LogP contribution >= 0.6 is 0 Å². The van der Waals surface area contributed by atoms with E-state index in [9.17, 15) is 13.6 Å². The minimum Gasteiger partial charge on any atom is -0.473 e. The molecule has 1 fully saturated rings. The van der Waals surface area contributed by atoms with E-state index in [1.807, 2.05) is 4.90 Å². The molecule has 1 saturated heterocycles. The maximum atomic E-state index is 14.5. The number of halogens is 2. The van der Waals surface area contributed by atoms with Gasteiger partial charge < -0.3 is 19.1 Å². The average molecular weight is 428 g/mol. The van der Waals surface area contributed by atoms with E-state index in [2.05, 4.69) is 9.97 Å². The fourth-order valence-electron chi connectivity index (χ4n) is 3.71. The van der Waals surface area contributed by atoms with Crippen LogP contribution < -0.4 is 20.1 Å². The third-order valence-corrected chi connectivity index (χ3v) is 5.17. The Hall–Kier alpha value is -3.53. The van der Waals surface area contributed by atoms with Crippen LogP contribution in [0.4, 0.5) is 14.6 Å². The smallest absolute Gasteiger partial charge is 0.352 e. The lowest BCUT2D eigenvalue weighted by atomic mass is 10.2. The summed E-state index contributed by atoms with van der Waals surface area (Å²) in [6.07, 6.45) is 1.49. The fourth-order valence-corrected chi connectivity index (χ4v) is 3.71. The van der Waals surface area contributed by atoms with Gasteiger partial charge in [0, 0.05) is 24.0 Å². The van der Waals surface area contributed by atoms with Gasteiger partial charge in [0.2, 0.25) is 5.88 Å². The molecule has 0 unspecified atom stereocenters. The van der Waals surface area contributed by atoms with E-state index in [4.69, 9.17) is 14.2 Å². The van der Waals surface area contributed by atoms with Crippen molar-refractivity contribution >= 4 is 5.82 Å². The molecule has 2 aromatic heterocycles. The molecule has 2 aliphatic heterocycles. The fraction of sp³-hybridized carbons (Fsp3) is 0.286. The van der Waals surface area contributed by atoms with Crippen molar-refractivity contribution in [1.82, 2.24) is 14.5 Å². The zero-order chi connectivity index (χ0) is 21.5. The molecule has 3 aromatic rings. The number of rotatable bonds is 5. The van der Waals surface area contributed by atoms with E-state index in [0.717, 1.165) is 12.1 Å². The molecular formula is C21H18F2N4O4. The van der Waals surface area contributed by atoms with Crippen molar-refractivity contribution in [3.63, 3.8) is 0 Å². The first-order valence-corrected chi connectivity index (χ1v) is 9.65. The molecule has 1 atom stereocenters. The standard InChI is InChI=1S/C21H18F2N4O4/c1-12-4-15(2-3-24-12)31-20-16(22)5-13(6-17(20)23)9-30-18-7-19-26(21(28)25-18)8-14-10-29-11-27(14)19/h2-7,14H,8-11H2,1H3/t14-/m1/s1. The van der Waals surface area contributed by atoms with Gasteiger partial charge in [0.25, 0.3) is 0 Å². The number of fused-ring (bicyclic) bond motifs is 3. The van der Waals surface area contributed by atoms with Gasteiger partial charge in [0.1, 0.15) is 24.9 Å². The van der Waals surface area contributed by atoms with Gasteiger partial charge in [0.15, 0.2) is 17.4 Å². The van der Waals surface area contributed by atoms with Crippen molar-refractivity contribution in [2.45, 2.75) is 26.1 Å². The summed E-state index contributed by atoms with van der Waals surface area (Å²) in [6.45, 7) is 3.02. The molecule has 0 radical (unpaired) electrons. The van der Waals surface area contributed by atoms with Crippen LogP contribution in [-0.4, -0.2) is 33.9 Å². The molecule has 5 rings (SSSR count). The number of aromatic nitrogens is 3. The highest BCUT2D eigenvalue weighted by molar-refractivity contribution is 5.47. The Kier molecular flexibility index (Phi) is 4.78. The number of ether oxygens (including phenoxy) is 3. The second-order valence-corrected chi connectivity index (χ2v) is 7.38. The van der Waals surface area contributed by atoms with E-state index in [1.54, 1.807) is 23.6 Å². The number of hydrogen-bond acceptors (Lipinski definition) is 7. The molecule has 1 aromatic carbocycles. The van der Waals surface area contributed by atoms with E-state index >= 15 is 0 Å². The summed E-state index contributed by atoms with van der Waals surface area (Å²) in [5.74, 6) is -1.23. The normalized spacial score (nSPS) is 16.9. The van der Waals surface area contributed by atoms with Crippen molar-refractivity contribution in [3.8, 4) is 17.4 Å². The minimum absolute atomic E-state index is 0.0807. The molecule has 0 bridgehead atoms. The highest BCUT2D eigenvalue weighted by atomic mass is 19.1. The van der Waals surface area contributed by atoms with Crippen LogP contribution in [0.25, 0.3) is 0 Å². The number of benzene rings is 1. The lowest BCUT2D eigenvalue weighted by Crippen LogP contribution is -2.26. The third kappa shape index (κ3) is 3.70. The molecule has 2 aliphatic rings. The van der Waals surface area contributed by atoms with E-state index in [1.165, 1.54) is 12.3 Å². The van der Waals surface area contributed by atoms with Crippen molar-refractivity contribution in [1.29, 1.82) is 0 Å². The quantitative estimate of drug-likeness (QED) is 0.618. The van der Waals surface area contributed by atoms with Crippen LogP contribution in [-0.2, 0) is 17.9 Å². The Labute approximate surface area is 175 Å². The highest BCUT2D eigenvalue weighted by Gasteiger charge is 2.35. The maximum absolute atomic E-state index is 14.5. The number of anilines is 1. The summed E-state index contributed by atoms with van der Waals surface area (Å²) in [5.41, 5.74) is 0.460. The van der Waals surface area contributed by atoms with Gasteiger partial charge in [0.05, 0.1) is 19.2 Å². The van der Waals surface area contributed by atoms with Gasteiger partial charge >= 0.3 is 5.69 Å². The summed E-state index contributed by atoms with van der Waals surface area (Å²) in [7, 11) is 0. The zero-order valence-electron chi connectivity index (χ0n) is 16.5. The molecule has 0 saturated carbocycles. The van der Waals surface area contributed by atoms with Gasteiger partial charge in [-0.2, -0.15) is 4.98 Å². The van der Waals surface area contributed by atoms with Crippen LogP contribution in [0.5, 0.6) is 17.4 Å². The first-order chi connectivity index (χ1) is 15.0. The monoisotopic (exact) mass is 428 g/mol. The molecule has 0 N–H and O–H groups in total. The Morgan fingerprint density at radius 1 is 1.23 bits per heavy atom. The van der Waals surface area contributed by atoms with Crippen LogP contribution in [0.2, 0.25) is 0 Å². The maximum Gasteiger partial charge on any atom is 0.352 e. The summed E-state index contributed by atoms with van der Waals surface area (Å²) < 4.78 is 46.8. The van der Waals surface area contributed by atoms with Crippen molar-refractivity contribution in [2.24, 2.45) is 0 Å². The molecular weight excluding hydrogens is 410 g/mol. The Bertz CT molecular complexity index is 1190.